The number of carbonyl (C=O) groups is 2. The Balaban J connectivity index is 2.09. The number of amides is 2. The molecule has 2 aromatic rings. The van der Waals surface area contributed by atoms with Crippen molar-refractivity contribution >= 4 is 34.8 Å². The average Bonchev–Trinajstić information content (AvgIpc) is 2.41. The van der Waals surface area contributed by atoms with Crippen LogP contribution in [0.2, 0.25) is 5.02 Å². The lowest BCUT2D eigenvalue weighted by Crippen LogP contribution is -2.12. The fraction of sp³-hybridized carbons (Fsp3) is 0.0667. The normalized spacial score (nSPS) is 9.90. The first-order valence-corrected chi connectivity index (χ1v) is 6.37. The van der Waals surface area contributed by atoms with Crippen LogP contribution in [-0.4, -0.2) is 11.8 Å². The predicted molar refractivity (Wildman–Crippen MR) is 80.2 cm³/mol. The molecule has 0 aromatic heterocycles. The summed E-state index contributed by atoms with van der Waals surface area (Å²) in [7, 11) is 0. The number of rotatable bonds is 3. The highest BCUT2D eigenvalue weighted by Crippen LogP contribution is 2.18. The van der Waals surface area contributed by atoms with Gasteiger partial charge in [-0.25, -0.2) is 0 Å². The second kappa shape index (κ2) is 6.21. The standard InChI is InChI=1S/C15H13ClN2O2/c1-10(19)17-11-6-8-12(9-7-11)18-15(20)13-4-2-3-5-14(13)16/h2-9H,1H3,(H,17,19)(H,18,20). The summed E-state index contributed by atoms with van der Waals surface area (Å²) in [5, 5.41) is 5.80. The number of hydrogen-bond acceptors (Lipinski definition) is 2. The highest BCUT2D eigenvalue weighted by Gasteiger charge is 2.09. The van der Waals surface area contributed by atoms with Gasteiger partial charge in [-0.05, 0) is 36.4 Å². The second-order valence-corrected chi connectivity index (χ2v) is 4.60. The maximum Gasteiger partial charge on any atom is 0.257 e. The zero-order chi connectivity index (χ0) is 14.5. The first-order valence-electron chi connectivity index (χ1n) is 6.00. The number of benzene rings is 2. The van der Waals surface area contributed by atoms with Crippen LogP contribution in [0.4, 0.5) is 11.4 Å². The van der Waals surface area contributed by atoms with Crippen molar-refractivity contribution in [3.05, 3.63) is 59.1 Å². The molecule has 5 heteroatoms. The Kier molecular flexibility index (Phi) is 4.38. The van der Waals surface area contributed by atoms with E-state index in [9.17, 15) is 9.59 Å². The minimum atomic E-state index is -0.275. The van der Waals surface area contributed by atoms with Gasteiger partial charge < -0.3 is 10.6 Å². The van der Waals surface area contributed by atoms with E-state index in [0.717, 1.165) is 0 Å². The van der Waals surface area contributed by atoms with Crippen molar-refractivity contribution in [3.8, 4) is 0 Å². The number of nitrogens with one attached hydrogen (secondary N) is 2. The van der Waals surface area contributed by atoms with Crippen molar-refractivity contribution in [1.82, 2.24) is 0 Å². The van der Waals surface area contributed by atoms with E-state index in [4.69, 9.17) is 11.6 Å². The van der Waals surface area contributed by atoms with Crippen LogP contribution >= 0.6 is 11.6 Å². The van der Waals surface area contributed by atoms with Gasteiger partial charge >= 0.3 is 0 Å². The van der Waals surface area contributed by atoms with Crippen LogP contribution < -0.4 is 10.6 Å². The summed E-state index contributed by atoms with van der Waals surface area (Å²) in [6, 6.07) is 13.7. The first kappa shape index (κ1) is 14.1. The van der Waals surface area contributed by atoms with Gasteiger partial charge in [-0.15, -0.1) is 0 Å². The molecular formula is C15H13ClN2O2. The quantitative estimate of drug-likeness (QED) is 0.907. The van der Waals surface area contributed by atoms with E-state index in [1.165, 1.54) is 6.92 Å². The molecule has 0 heterocycles. The molecule has 0 aliphatic heterocycles. The molecule has 2 amide bonds. The summed E-state index contributed by atoms with van der Waals surface area (Å²) in [4.78, 5) is 22.9. The van der Waals surface area contributed by atoms with Crippen LogP contribution in [-0.2, 0) is 4.79 Å². The summed E-state index contributed by atoms with van der Waals surface area (Å²) in [6.45, 7) is 1.44. The Morgan fingerprint density at radius 2 is 1.45 bits per heavy atom. The maximum atomic E-state index is 12.0. The smallest absolute Gasteiger partial charge is 0.257 e. The Labute approximate surface area is 121 Å². The number of halogens is 1. The lowest BCUT2D eigenvalue weighted by molar-refractivity contribution is -0.114. The molecule has 0 saturated carbocycles. The van der Waals surface area contributed by atoms with Crippen molar-refractivity contribution in [2.45, 2.75) is 6.92 Å². The van der Waals surface area contributed by atoms with Crippen LogP contribution in [0.5, 0.6) is 0 Å². The third-order valence-corrected chi connectivity index (χ3v) is 2.91. The van der Waals surface area contributed by atoms with E-state index in [0.29, 0.717) is 22.0 Å². The van der Waals surface area contributed by atoms with E-state index in [-0.39, 0.29) is 11.8 Å². The fourth-order valence-corrected chi connectivity index (χ4v) is 1.91. The van der Waals surface area contributed by atoms with E-state index in [1.54, 1.807) is 48.5 Å². The zero-order valence-electron chi connectivity index (χ0n) is 10.8. The van der Waals surface area contributed by atoms with E-state index in [1.807, 2.05) is 0 Å². The number of carbonyl (C=O) groups excluding carboxylic acids is 2. The third-order valence-electron chi connectivity index (χ3n) is 2.58. The molecular weight excluding hydrogens is 276 g/mol. The minimum Gasteiger partial charge on any atom is -0.326 e. The van der Waals surface area contributed by atoms with Gasteiger partial charge in [-0.1, -0.05) is 23.7 Å². The number of anilines is 2. The molecule has 0 fully saturated rings. The molecule has 4 nitrogen and oxygen atoms in total. The lowest BCUT2D eigenvalue weighted by Gasteiger charge is -2.08. The molecule has 0 bridgehead atoms. The SMILES string of the molecule is CC(=O)Nc1ccc(NC(=O)c2ccccc2Cl)cc1. The molecule has 0 aliphatic rings. The Hall–Kier alpha value is -2.33. The maximum absolute atomic E-state index is 12.0. The molecule has 102 valence electrons. The predicted octanol–water partition coefficient (Wildman–Crippen LogP) is 3.55. The van der Waals surface area contributed by atoms with Crippen LogP contribution in [0, 0.1) is 0 Å². The molecule has 0 radical (unpaired) electrons. The summed E-state index contributed by atoms with van der Waals surface area (Å²) in [5.74, 6) is -0.416. The highest BCUT2D eigenvalue weighted by atomic mass is 35.5. The van der Waals surface area contributed by atoms with Crippen molar-refractivity contribution in [2.75, 3.05) is 10.6 Å². The molecule has 0 spiro atoms. The van der Waals surface area contributed by atoms with E-state index in [2.05, 4.69) is 10.6 Å². The summed E-state index contributed by atoms with van der Waals surface area (Å²) in [6.07, 6.45) is 0. The van der Waals surface area contributed by atoms with Crippen molar-refractivity contribution in [1.29, 1.82) is 0 Å². The van der Waals surface area contributed by atoms with Gasteiger partial charge in [0.2, 0.25) is 5.91 Å². The van der Waals surface area contributed by atoms with Gasteiger partial charge in [-0.3, -0.25) is 9.59 Å². The van der Waals surface area contributed by atoms with Gasteiger partial charge in [0, 0.05) is 18.3 Å². The monoisotopic (exact) mass is 288 g/mol. The molecule has 0 saturated heterocycles. The highest BCUT2D eigenvalue weighted by molar-refractivity contribution is 6.34. The van der Waals surface area contributed by atoms with E-state index < -0.39 is 0 Å². The molecule has 2 aromatic carbocycles. The van der Waals surface area contributed by atoms with Crippen molar-refractivity contribution in [3.63, 3.8) is 0 Å². The van der Waals surface area contributed by atoms with Gasteiger partial charge in [0.1, 0.15) is 0 Å². The van der Waals surface area contributed by atoms with Crippen LogP contribution in [0.25, 0.3) is 0 Å². The van der Waals surface area contributed by atoms with Gasteiger partial charge in [0.25, 0.3) is 5.91 Å². The number of hydrogen-bond donors (Lipinski definition) is 2. The Bertz CT molecular complexity index is 639. The first-order chi connectivity index (χ1) is 9.56. The van der Waals surface area contributed by atoms with Crippen LogP contribution in [0.1, 0.15) is 17.3 Å². The van der Waals surface area contributed by atoms with Gasteiger partial charge in [-0.2, -0.15) is 0 Å². The van der Waals surface area contributed by atoms with Crippen LogP contribution in [0.15, 0.2) is 48.5 Å². The minimum absolute atomic E-state index is 0.141. The topological polar surface area (TPSA) is 58.2 Å². The second-order valence-electron chi connectivity index (χ2n) is 4.19. The zero-order valence-corrected chi connectivity index (χ0v) is 11.6. The molecule has 2 rings (SSSR count). The summed E-state index contributed by atoms with van der Waals surface area (Å²) in [5.41, 5.74) is 1.72. The molecule has 2 N–H and O–H groups in total. The molecule has 0 aliphatic carbocycles. The largest absolute Gasteiger partial charge is 0.326 e. The summed E-state index contributed by atoms with van der Waals surface area (Å²) < 4.78 is 0. The van der Waals surface area contributed by atoms with Gasteiger partial charge in [0.15, 0.2) is 0 Å². The third kappa shape index (κ3) is 3.59. The fourth-order valence-electron chi connectivity index (χ4n) is 1.68. The molecule has 0 unspecified atom stereocenters. The molecule has 20 heavy (non-hydrogen) atoms. The van der Waals surface area contributed by atoms with Crippen molar-refractivity contribution < 1.29 is 9.59 Å². The van der Waals surface area contributed by atoms with Gasteiger partial charge in [0.05, 0.1) is 10.6 Å². The van der Waals surface area contributed by atoms with E-state index >= 15 is 0 Å². The van der Waals surface area contributed by atoms with Crippen LogP contribution in [0.3, 0.4) is 0 Å². The summed E-state index contributed by atoms with van der Waals surface area (Å²) >= 11 is 5.96. The molecule has 0 atom stereocenters. The lowest BCUT2D eigenvalue weighted by atomic mass is 10.2. The average molecular weight is 289 g/mol. The Morgan fingerprint density at radius 1 is 0.900 bits per heavy atom. The van der Waals surface area contributed by atoms with Crippen molar-refractivity contribution in [2.24, 2.45) is 0 Å². The Morgan fingerprint density at radius 3 is 2.00 bits per heavy atom.